The molecule has 1 fully saturated rings. The first-order valence-electron chi connectivity index (χ1n) is 26.0. The first-order valence-corrected chi connectivity index (χ1v) is 26.0. The number of rotatable bonds is 36. The molecule has 1 heterocycles. The van der Waals surface area contributed by atoms with Crippen molar-refractivity contribution < 1.29 is 67.7 Å². The number of aryl methyl sites for hydroxylation is 1. The van der Waals surface area contributed by atoms with Crippen LogP contribution < -0.4 is 27.0 Å². The number of aliphatic hydroxyl groups is 4. The molecule has 1 aliphatic heterocycles. The van der Waals surface area contributed by atoms with Crippen LogP contribution in [0.3, 0.4) is 0 Å². The molecule has 0 bridgehead atoms. The second kappa shape index (κ2) is 35.7. The number of hydrogen-bond acceptors (Lipinski definition) is 15. The Morgan fingerprint density at radius 2 is 1.42 bits per heavy atom. The van der Waals surface area contributed by atoms with E-state index in [1.165, 1.54) is 12.1 Å². The number of esters is 1. The normalized spacial score (nSPS) is 19.0. The van der Waals surface area contributed by atoms with Gasteiger partial charge in [-0.2, -0.15) is 0 Å². The van der Waals surface area contributed by atoms with E-state index in [2.05, 4.69) is 31.3 Å². The van der Waals surface area contributed by atoms with Gasteiger partial charge in [-0.3, -0.25) is 19.2 Å². The molecule has 0 aromatic heterocycles. The van der Waals surface area contributed by atoms with Crippen molar-refractivity contribution in [2.24, 2.45) is 16.8 Å². The highest BCUT2D eigenvalue weighted by Gasteiger charge is 2.44. The Labute approximate surface area is 433 Å². The highest BCUT2D eigenvalue weighted by Crippen LogP contribution is 2.23. The third-order valence-electron chi connectivity index (χ3n) is 12.5. The number of carbonyl (C=O) groups is 5. The number of unbranched alkanes of at least 4 members (excludes halogenated alkanes) is 9. The Morgan fingerprint density at radius 1 is 0.784 bits per heavy atom. The Balaban J connectivity index is 1.50. The molecule has 9 atom stereocenters. The van der Waals surface area contributed by atoms with Crippen LogP contribution in [0.25, 0.3) is 10.4 Å². The minimum atomic E-state index is -1.69. The second-order valence-corrected chi connectivity index (χ2v) is 19.2. The van der Waals surface area contributed by atoms with E-state index in [9.17, 15) is 48.8 Å². The summed E-state index contributed by atoms with van der Waals surface area (Å²) < 4.78 is 35.5. The van der Waals surface area contributed by atoms with E-state index in [1.54, 1.807) is 45.0 Å². The van der Waals surface area contributed by atoms with E-state index < -0.39 is 85.4 Å². The van der Waals surface area contributed by atoms with Gasteiger partial charge in [-0.15, -0.1) is 0 Å². The quantitative estimate of drug-likeness (QED) is 0.0134. The first-order chi connectivity index (χ1) is 35.5. The number of nitrogens with one attached hydrogen (secondary N) is 4. The fraction of sp³-hybridized carbons (Fsp3) is 0.673. The predicted molar refractivity (Wildman–Crippen MR) is 273 cm³/mol. The number of azide groups is 1. The third kappa shape index (κ3) is 24.7. The van der Waals surface area contributed by atoms with Crippen molar-refractivity contribution in [2.45, 2.75) is 191 Å². The zero-order valence-corrected chi connectivity index (χ0v) is 43.2. The molecule has 414 valence electrons. The van der Waals surface area contributed by atoms with Crippen molar-refractivity contribution in [3.8, 4) is 0 Å². The van der Waals surface area contributed by atoms with Crippen LogP contribution in [-0.2, 0) is 51.2 Å². The molecule has 1 aliphatic rings. The first kappa shape index (κ1) is 62.8. The maximum Gasteiger partial charge on any atom is 0.407 e. The number of alkyl carbamates (subject to hydrolysis) is 1. The van der Waals surface area contributed by atoms with Gasteiger partial charge < -0.3 is 66.4 Å². The van der Waals surface area contributed by atoms with Crippen LogP contribution in [0, 0.1) is 11.7 Å². The van der Waals surface area contributed by atoms with Crippen LogP contribution in [0.1, 0.15) is 135 Å². The van der Waals surface area contributed by atoms with Crippen LogP contribution in [-0.4, -0.2) is 131 Å². The third-order valence-corrected chi connectivity index (χ3v) is 12.5. The van der Waals surface area contributed by atoms with Crippen molar-refractivity contribution in [1.29, 1.82) is 0 Å². The van der Waals surface area contributed by atoms with Gasteiger partial charge >= 0.3 is 12.1 Å². The molecule has 0 spiro atoms. The molecule has 2 aromatic carbocycles. The molecule has 21 nitrogen and oxygen atoms in total. The standard InChI is InChI=1S/C52H81FN8O13/c1-34(2)45(60-43(63)18-12-10-14-29-56-61-55)50(69)59-41(17-15-28-54)49(68)57-39-26-22-37(23-27-39)32-72-52(70)58-40(33-71-51-48(67)47(66)46(65)42(31-62)74-51)30-35(3)73-44(64)19-13-9-7-5-4-6-8-11-16-36-20-24-38(53)25-21-36/h20-27,34-35,40-42,45-48,51,62,65-67H,4-19,28-33,54H2,1-3H3,(H,57,68)(H,58,70)(H,59,69)(H,60,63)/t35-,40-,41+,42?,45?,46+,47?,48?,51+/m1/s1. The number of ether oxygens (including phenoxy) is 4. The van der Waals surface area contributed by atoms with Gasteiger partial charge in [0.25, 0.3) is 0 Å². The summed E-state index contributed by atoms with van der Waals surface area (Å²) in [5, 5.41) is 55.1. The monoisotopic (exact) mass is 1040 g/mol. The maximum atomic E-state index is 13.5. The van der Waals surface area contributed by atoms with Gasteiger partial charge in [-0.25, -0.2) is 9.18 Å². The summed E-state index contributed by atoms with van der Waals surface area (Å²) in [6.45, 7) is 4.65. The fourth-order valence-corrected chi connectivity index (χ4v) is 8.22. The number of amides is 4. The summed E-state index contributed by atoms with van der Waals surface area (Å²) in [6, 6.07) is 10.3. The van der Waals surface area contributed by atoms with Crippen LogP contribution in [0.2, 0.25) is 0 Å². The summed E-state index contributed by atoms with van der Waals surface area (Å²) >= 11 is 0. The van der Waals surface area contributed by atoms with E-state index in [0.29, 0.717) is 49.9 Å². The van der Waals surface area contributed by atoms with Crippen molar-refractivity contribution in [3.63, 3.8) is 0 Å². The van der Waals surface area contributed by atoms with Crippen LogP contribution >= 0.6 is 0 Å². The molecule has 0 radical (unpaired) electrons. The lowest BCUT2D eigenvalue weighted by molar-refractivity contribution is -0.302. The zero-order chi connectivity index (χ0) is 54.3. The second-order valence-electron chi connectivity index (χ2n) is 19.2. The molecule has 0 saturated carbocycles. The number of nitrogens with two attached hydrogens (primary N) is 1. The molecule has 22 heteroatoms. The Kier molecular flexibility index (Phi) is 30.3. The number of halogens is 1. The van der Waals surface area contributed by atoms with E-state index >= 15 is 0 Å². The fourth-order valence-electron chi connectivity index (χ4n) is 8.22. The molecular formula is C52H81FN8O13. The smallest absolute Gasteiger partial charge is 0.407 e. The topological polar surface area (TPSA) is 326 Å². The van der Waals surface area contributed by atoms with Gasteiger partial charge in [0.05, 0.1) is 19.3 Å². The number of anilines is 1. The molecule has 3 rings (SSSR count). The summed E-state index contributed by atoms with van der Waals surface area (Å²) in [5.74, 6) is -2.26. The highest BCUT2D eigenvalue weighted by atomic mass is 19.1. The van der Waals surface area contributed by atoms with Crippen LogP contribution in [0.4, 0.5) is 14.9 Å². The Bertz CT molecular complexity index is 2010. The lowest BCUT2D eigenvalue weighted by atomic mass is 9.99. The molecule has 4 amide bonds. The lowest BCUT2D eigenvalue weighted by Crippen LogP contribution is -2.59. The predicted octanol–water partition coefficient (Wildman–Crippen LogP) is 5.49. The Morgan fingerprint density at radius 3 is 2.07 bits per heavy atom. The SMILES string of the molecule is CC(C)C(NC(=O)CCCCCN=[N+]=[N-])C(=O)N[C@@H](CCCN)C(=O)Nc1ccc(COC(=O)N[C@@H](CO[C@H]2OC(CO)[C@H](O)C(O)C2O)C[C@@H](C)OC(=O)CCCCCCCCCCc2ccc(F)cc2)cc1. The van der Waals surface area contributed by atoms with Crippen molar-refractivity contribution in [3.05, 3.63) is 75.9 Å². The summed E-state index contributed by atoms with van der Waals surface area (Å²) in [7, 11) is 0. The number of aliphatic hydroxyl groups excluding tert-OH is 4. The van der Waals surface area contributed by atoms with E-state index in [0.717, 1.165) is 56.9 Å². The minimum absolute atomic E-state index is 0.0511. The van der Waals surface area contributed by atoms with Crippen LogP contribution in [0.15, 0.2) is 53.6 Å². The molecule has 1 saturated heterocycles. The summed E-state index contributed by atoms with van der Waals surface area (Å²) in [6.07, 6.45) is 2.57. The van der Waals surface area contributed by atoms with E-state index in [-0.39, 0.29) is 63.1 Å². The van der Waals surface area contributed by atoms with Gasteiger partial charge in [0.15, 0.2) is 6.29 Å². The van der Waals surface area contributed by atoms with Crippen molar-refractivity contribution >= 4 is 35.5 Å². The molecule has 74 heavy (non-hydrogen) atoms. The Hall–Kier alpha value is -5.45. The molecular weight excluding hydrogens is 964 g/mol. The average molecular weight is 1050 g/mol. The van der Waals surface area contributed by atoms with Gasteiger partial charge in [0.1, 0.15) is 55.0 Å². The van der Waals surface area contributed by atoms with Crippen molar-refractivity contribution in [1.82, 2.24) is 16.0 Å². The maximum absolute atomic E-state index is 13.5. The number of benzene rings is 2. The van der Waals surface area contributed by atoms with Gasteiger partial charge in [0.2, 0.25) is 17.7 Å². The van der Waals surface area contributed by atoms with Gasteiger partial charge in [-0.05, 0) is 105 Å². The van der Waals surface area contributed by atoms with Crippen molar-refractivity contribution in [2.75, 3.05) is 31.6 Å². The highest BCUT2D eigenvalue weighted by molar-refractivity contribution is 5.98. The summed E-state index contributed by atoms with van der Waals surface area (Å²) in [4.78, 5) is 68.3. The molecule has 10 N–H and O–H groups in total. The van der Waals surface area contributed by atoms with Crippen LogP contribution in [0.5, 0.6) is 0 Å². The number of hydrogen-bond donors (Lipinski definition) is 9. The van der Waals surface area contributed by atoms with E-state index in [1.807, 2.05) is 12.1 Å². The molecule has 0 aliphatic carbocycles. The van der Waals surface area contributed by atoms with E-state index in [4.69, 9.17) is 30.2 Å². The number of carbonyl (C=O) groups excluding carboxylic acids is 5. The molecule has 4 unspecified atom stereocenters. The zero-order valence-electron chi connectivity index (χ0n) is 43.2. The summed E-state index contributed by atoms with van der Waals surface area (Å²) in [5.41, 5.74) is 16.2. The average Bonchev–Trinajstić information content (AvgIpc) is 3.37. The minimum Gasteiger partial charge on any atom is -0.463 e. The van der Waals surface area contributed by atoms with Gasteiger partial charge in [-0.1, -0.05) is 88.2 Å². The largest absolute Gasteiger partial charge is 0.463 e. The molecule has 2 aromatic rings. The van der Waals surface area contributed by atoms with Gasteiger partial charge in [0, 0.05) is 36.4 Å². The lowest BCUT2D eigenvalue weighted by Gasteiger charge is -2.40. The number of nitrogens with zero attached hydrogens (tertiary/aromatic N) is 3.